The van der Waals surface area contributed by atoms with Crippen molar-refractivity contribution >= 4 is 17.3 Å². The van der Waals surface area contributed by atoms with Crippen molar-refractivity contribution in [3.63, 3.8) is 0 Å². The Balaban J connectivity index is 2.07. The third kappa shape index (κ3) is 2.59. The first-order valence-electron chi connectivity index (χ1n) is 5.74. The Morgan fingerprint density at radius 2 is 2.19 bits per heavy atom. The molecule has 0 aromatic carbocycles. The summed E-state index contributed by atoms with van der Waals surface area (Å²) in [5.74, 6) is 1.09. The zero-order chi connectivity index (χ0) is 11.5. The zero-order valence-electron chi connectivity index (χ0n) is 9.45. The van der Waals surface area contributed by atoms with Crippen molar-refractivity contribution in [1.29, 1.82) is 0 Å². The van der Waals surface area contributed by atoms with Crippen molar-refractivity contribution in [3.05, 3.63) is 17.3 Å². The van der Waals surface area contributed by atoms with Gasteiger partial charge in [0.05, 0.1) is 10.7 Å². The molecule has 1 aromatic rings. The molecule has 0 amide bonds. The number of halogens is 1. The molecule has 1 heterocycles. The van der Waals surface area contributed by atoms with E-state index in [1.165, 1.54) is 19.3 Å². The van der Waals surface area contributed by atoms with Crippen LogP contribution >= 0.6 is 11.6 Å². The van der Waals surface area contributed by atoms with Crippen molar-refractivity contribution in [2.75, 3.05) is 5.73 Å². The Hall–Kier alpha value is -0.960. The highest BCUT2D eigenvalue weighted by molar-refractivity contribution is 6.30. The van der Waals surface area contributed by atoms with Gasteiger partial charge in [-0.25, -0.2) is 4.98 Å². The molecule has 16 heavy (non-hydrogen) atoms. The lowest BCUT2D eigenvalue weighted by atomic mass is 9.88. The number of rotatable bonds is 2. The van der Waals surface area contributed by atoms with Crippen LogP contribution in [0.15, 0.2) is 12.3 Å². The highest BCUT2D eigenvalue weighted by Gasteiger charge is 2.23. The minimum atomic E-state index is 0.240. The zero-order valence-corrected chi connectivity index (χ0v) is 10.2. The van der Waals surface area contributed by atoms with Crippen LogP contribution in [0.2, 0.25) is 5.02 Å². The molecular formula is C12H17ClN2O. The van der Waals surface area contributed by atoms with Gasteiger partial charge in [0.25, 0.3) is 0 Å². The van der Waals surface area contributed by atoms with Gasteiger partial charge in [-0.2, -0.15) is 0 Å². The van der Waals surface area contributed by atoms with Crippen LogP contribution in [-0.4, -0.2) is 11.1 Å². The molecule has 1 aromatic heterocycles. The maximum absolute atomic E-state index is 5.86. The summed E-state index contributed by atoms with van der Waals surface area (Å²) >= 11 is 5.79. The number of pyridine rings is 1. The summed E-state index contributed by atoms with van der Waals surface area (Å²) in [6.07, 6.45) is 6.64. The third-order valence-electron chi connectivity index (χ3n) is 3.14. The maximum atomic E-state index is 5.86. The lowest BCUT2D eigenvalue weighted by molar-refractivity contribution is 0.0984. The number of hydrogen-bond donors (Lipinski definition) is 1. The van der Waals surface area contributed by atoms with Gasteiger partial charge in [0.15, 0.2) is 0 Å². The normalized spacial score (nSPS) is 25.4. The highest BCUT2D eigenvalue weighted by Crippen LogP contribution is 2.30. The molecule has 3 nitrogen and oxygen atoms in total. The lowest BCUT2D eigenvalue weighted by Gasteiger charge is -2.29. The van der Waals surface area contributed by atoms with Crippen LogP contribution in [0.1, 0.15) is 32.6 Å². The van der Waals surface area contributed by atoms with Crippen LogP contribution in [0.5, 0.6) is 5.88 Å². The van der Waals surface area contributed by atoms with Crippen molar-refractivity contribution < 1.29 is 4.74 Å². The Kier molecular flexibility index (Phi) is 3.54. The fraction of sp³-hybridized carbons (Fsp3) is 0.583. The predicted octanol–water partition coefficient (Wildman–Crippen LogP) is 3.27. The van der Waals surface area contributed by atoms with Gasteiger partial charge in [-0.3, -0.25) is 0 Å². The first-order valence-corrected chi connectivity index (χ1v) is 6.12. The van der Waals surface area contributed by atoms with Crippen molar-refractivity contribution in [2.45, 2.75) is 38.7 Å². The molecule has 1 fully saturated rings. The van der Waals surface area contributed by atoms with E-state index >= 15 is 0 Å². The number of aromatic nitrogens is 1. The van der Waals surface area contributed by atoms with Crippen LogP contribution in [0, 0.1) is 5.92 Å². The van der Waals surface area contributed by atoms with E-state index in [0.717, 1.165) is 6.42 Å². The van der Waals surface area contributed by atoms with Gasteiger partial charge in [0.2, 0.25) is 5.88 Å². The minimum absolute atomic E-state index is 0.240. The molecule has 0 spiro atoms. The Labute approximate surface area is 101 Å². The fourth-order valence-corrected chi connectivity index (χ4v) is 2.31. The Morgan fingerprint density at radius 3 is 2.88 bits per heavy atom. The molecule has 1 saturated carbocycles. The summed E-state index contributed by atoms with van der Waals surface area (Å²) in [6, 6.07) is 1.68. The summed E-state index contributed by atoms with van der Waals surface area (Å²) in [7, 11) is 0. The SMILES string of the molecule is CC1CCCCC1Oc1ncc(Cl)cc1N. The molecule has 4 heteroatoms. The number of anilines is 1. The van der Waals surface area contributed by atoms with Gasteiger partial charge in [0, 0.05) is 6.20 Å². The lowest BCUT2D eigenvalue weighted by Crippen LogP contribution is -2.28. The van der Waals surface area contributed by atoms with Crippen molar-refractivity contribution in [3.8, 4) is 5.88 Å². The number of ether oxygens (including phenoxy) is 1. The fourth-order valence-electron chi connectivity index (χ4n) is 2.14. The summed E-state index contributed by atoms with van der Waals surface area (Å²) in [4.78, 5) is 4.13. The van der Waals surface area contributed by atoms with Crippen molar-refractivity contribution in [2.24, 2.45) is 5.92 Å². The summed E-state index contributed by atoms with van der Waals surface area (Å²) in [5.41, 5.74) is 6.33. The van der Waals surface area contributed by atoms with E-state index in [-0.39, 0.29) is 6.10 Å². The van der Waals surface area contributed by atoms with Gasteiger partial charge in [-0.15, -0.1) is 0 Å². The minimum Gasteiger partial charge on any atom is -0.473 e. The van der Waals surface area contributed by atoms with Crippen LogP contribution in [0.3, 0.4) is 0 Å². The van der Waals surface area contributed by atoms with Crippen LogP contribution in [-0.2, 0) is 0 Å². The summed E-state index contributed by atoms with van der Waals surface area (Å²) < 4.78 is 5.86. The summed E-state index contributed by atoms with van der Waals surface area (Å²) in [5, 5.41) is 0.543. The monoisotopic (exact) mass is 240 g/mol. The average molecular weight is 241 g/mol. The topological polar surface area (TPSA) is 48.1 Å². The van der Waals surface area contributed by atoms with Crippen LogP contribution in [0.25, 0.3) is 0 Å². The van der Waals surface area contributed by atoms with Crippen LogP contribution in [0.4, 0.5) is 5.69 Å². The second-order valence-electron chi connectivity index (χ2n) is 4.47. The van der Waals surface area contributed by atoms with E-state index in [2.05, 4.69) is 11.9 Å². The van der Waals surface area contributed by atoms with E-state index in [1.54, 1.807) is 12.3 Å². The largest absolute Gasteiger partial charge is 0.473 e. The number of nitrogens with two attached hydrogens (primary N) is 1. The summed E-state index contributed by atoms with van der Waals surface area (Å²) in [6.45, 7) is 2.22. The average Bonchev–Trinajstić information content (AvgIpc) is 2.25. The molecule has 0 bridgehead atoms. The van der Waals surface area contributed by atoms with Crippen LogP contribution < -0.4 is 10.5 Å². The predicted molar refractivity (Wildman–Crippen MR) is 65.7 cm³/mol. The molecule has 0 radical (unpaired) electrons. The van der Waals surface area contributed by atoms with Gasteiger partial charge in [0.1, 0.15) is 6.10 Å². The molecule has 1 aliphatic rings. The molecule has 2 unspecified atom stereocenters. The van der Waals surface area contributed by atoms with Gasteiger partial charge < -0.3 is 10.5 Å². The van der Waals surface area contributed by atoms with E-state index in [9.17, 15) is 0 Å². The molecule has 2 N–H and O–H groups in total. The Morgan fingerprint density at radius 1 is 1.44 bits per heavy atom. The quantitative estimate of drug-likeness (QED) is 0.863. The van der Waals surface area contributed by atoms with Gasteiger partial charge in [-0.05, 0) is 31.2 Å². The molecular weight excluding hydrogens is 224 g/mol. The van der Waals surface area contributed by atoms with Gasteiger partial charge in [-0.1, -0.05) is 24.9 Å². The molecule has 0 saturated heterocycles. The van der Waals surface area contributed by atoms with E-state index in [1.807, 2.05) is 0 Å². The number of nitrogen functional groups attached to an aromatic ring is 1. The third-order valence-corrected chi connectivity index (χ3v) is 3.35. The molecule has 2 rings (SSSR count). The second-order valence-corrected chi connectivity index (χ2v) is 4.90. The first kappa shape index (κ1) is 11.5. The number of nitrogens with zero attached hydrogens (tertiary/aromatic N) is 1. The molecule has 2 atom stereocenters. The van der Waals surface area contributed by atoms with E-state index in [4.69, 9.17) is 22.1 Å². The molecule has 0 aliphatic heterocycles. The highest BCUT2D eigenvalue weighted by atomic mass is 35.5. The standard InChI is InChI=1S/C12H17ClN2O/c1-8-4-2-3-5-11(8)16-12-10(14)6-9(13)7-15-12/h6-8,11H,2-5,14H2,1H3. The van der Waals surface area contributed by atoms with Gasteiger partial charge >= 0.3 is 0 Å². The van der Waals surface area contributed by atoms with E-state index in [0.29, 0.717) is 22.5 Å². The maximum Gasteiger partial charge on any atom is 0.237 e. The Bertz CT molecular complexity index is 370. The van der Waals surface area contributed by atoms with Crippen molar-refractivity contribution in [1.82, 2.24) is 4.98 Å². The smallest absolute Gasteiger partial charge is 0.237 e. The first-order chi connectivity index (χ1) is 7.66. The number of hydrogen-bond acceptors (Lipinski definition) is 3. The molecule has 1 aliphatic carbocycles. The second kappa shape index (κ2) is 4.91. The molecule has 88 valence electrons. The van der Waals surface area contributed by atoms with E-state index < -0.39 is 0 Å².